The highest BCUT2D eigenvalue weighted by Crippen LogP contribution is 2.31. The number of aromatic nitrogens is 5. The molecule has 0 bridgehead atoms. The third-order valence-electron chi connectivity index (χ3n) is 3.90. The van der Waals surface area contributed by atoms with Gasteiger partial charge in [-0.15, -0.1) is 0 Å². The van der Waals surface area contributed by atoms with Crippen molar-refractivity contribution in [2.24, 2.45) is 0 Å². The van der Waals surface area contributed by atoms with Gasteiger partial charge >= 0.3 is 5.97 Å². The van der Waals surface area contributed by atoms with E-state index in [1.54, 1.807) is 17.9 Å². The lowest BCUT2D eigenvalue weighted by Crippen LogP contribution is -2.12. The second-order valence-electron chi connectivity index (χ2n) is 5.39. The molecule has 0 spiro atoms. The molecule has 7 heteroatoms. The monoisotopic (exact) mass is 309 g/mol. The zero-order valence-electron chi connectivity index (χ0n) is 12.9. The Morgan fingerprint density at radius 1 is 1.35 bits per heavy atom. The predicted octanol–water partition coefficient (Wildman–Crippen LogP) is 1.98. The third-order valence-corrected chi connectivity index (χ3v) is 3.90. The van der Waals surface area contributed by atoms with E-state index in [0.717, 1.165) is 28.3 Å². The van der Waals surface area contributed by atoms with E-state index < -0.39 is 5.97 Å². The summed E-state index contributed by atoms with van der Waals surface area (Å²) < 4.78 is 8.80. The number of carbonyl (C=O) groups is 1. The van der Waals surface area contributed by atoms with Crippen LogP contribution in [0.2, 0.25) is 0 Å². The molecule has 0 N–H and O–H groups in total. The summed E-state index contributed by atoms with van der Waals surface area (Å²) >= 11 is 0. The minimum absolute atomic E-state index is 0.315. The summed E-state index contributed by atoms with van der Waals surface area (Å²) in [6, 6.07) is 6.10. The fraction of sp³-hybridized carbons (Fsp3) is 0.250. The molecule has 1 aromatic carbocycles. The van der Waals surface area contributed by atoms with Gasteiger partial charge in [-0.2, -0.15) is 5.10 Å². The first kappa shape index (κ1) is 13.7. The van der Waals surface area contributed by atoms with Crippen molar-refractivity contribution in [2.45, 2.75) is 20.4 Å². The molecule has 0 fully saturated rings. The van der Waals surface area contributed by atoms with E-state index in [1.807, 2.05) is 23.6 Å². The molecular weight excluding hydrogens is 294 g/mol. The van der Waals surface area contributed by atoms with Crippen LogP contribution in [0.25, 0.3) is 17.1 Å². The standard InChI is InChI=1S/C16H15N5O2/c1-3-23-16(22)14-13-7-21-15(17-8-19-21)11-6-10(2)4-5-12(11)20(13)9-18-14/h4-6,8-9H,3,7H2,1-2H3. The summed E-state index contributed by atoms with van der Waals surface area (Å²) in [5, 5.41) is 4.28. The van der Waals surface area contributed by atoms with Crippen molar-refractivity contribution in [1.82, 2.24) is 24.3 Å². The fourth-order valence-electron chi connectivity index (χ4n) is 2.87. The number of fused-ring (bicyclic) bond motifs is 5. The van der Waals surface area contributed by atoms with Gasteiger partial charge in [-0.25, -0.2) is 19.4 Å². The molecule has 3 heterocycles. The van der Waals surface area contributed by atoms with Gasteiger partial charge in [0.25, 0.3) is 0 Å². The van der Waals surface area contributed by atoms with Crippen molar-refractivity contribution < 1.29 is 9.53 Å². The first-order valence-corrected chi connectivity index (χ1v) is 7.41. The lowest BCUT2D eigenvalue weighted by molar-refractivity contribution is 0.0518. The highest BCUT2D eigenvalue weighted by atomic mass is 16.5. The Bertz CT molecular complexity index is 909. The maximum atomic E-state index is 12.2. The van der Waals surface area contributed by atoms with Crippen LogP contribution in [-0.2, 0) is 11.3 Å². The highest BCUT2D eigenvalue weighted by molar-refractivity contribution is 5.89. The number of esters is 1. The highest BCUT2D eigenvalue weighted by Gasteiger charge is 2.26. The number of imidazole rings is 1. The zero-order valence-corrected chi connectivity index (χ0v) is 12.9. The molecule has 0 saturated carbocycles. The van der Waals surface area contributed by atoms with Gasteiger partial charge < -0.3 is 4.74 Å². The Morgan fingerprint density at radius 3 is 3.04 bits per heavy atom. The quantitative estimate of drug-likeness (QED) is 0.529. The summed E-state index contributed by atoms with van der Waals surface area (Å²) in [5.74, 6) is 0.362. The lowest BCUT2D eigenvalue weighted by atomic mass is 10.1. The zero-order chi connectivity index (χ0) is 16.0. The number of ether oxygens (including phenoxy) is 1. The molecule has 2 aromatic heterocycles. The molecule has 4 rings (SSSR count). The van der Waals surface area contributed by atoms with Crippen LogP contribution >= 0.6 is 0 Å². The lowest BCUT2D eigenvalue weighted by Gasteiger charge is -2.09. The molecule has 23 heavy (non-hydrogen) atoms. The molecule has 1 aliphatic rings. The molecule has 0 amide bonds. The molecule has 0 saturated heterocycles. The van der Waals surface area contributed by atoms with Gasteiger partial charge in [-0.1, -0.05) is 11.6 Å². The van der Waals surface area contributed by atoms with Crippen LogP contribution in [0.4, 0.5) is 0 Å². The molecule has 1 aliphatic heterocycles. The second kappa shape index (κ2) is 5.05. The van der Waals surface area contributed by atoms with Crippen LogP contribution in [0.15, 0.2) is 30.9 Å². The van der Waals surface area contributed by atoms with Crippen LogP contribution < -0.4 is 0 Å². The molecule has 0 radical (unpaired) electrons. The van der Waals surface area contributed by atoms with E-state index in [4.69, 9.17) is 4.74 Å². The molecule has 0 unspecified atom stereocenters. The van der Waals surface area contributed by atoms with Crippen molar-refractivity contribution >= 4 is 5.97 Å². The van der Waals surface area contributed by atoms with Crippen LogP contribution in [0.1, 0.15) is 28.7 Å². The Hall–Kier alpha value is -2.96. The van der Waals surface area contributed by atoms with Gasteiger partial charge in [0.1, 0.15) is 12.7 Å². The topological polar surface area (TPSA) is 74.8 Å². The van der Waals surface area contributed by atoms with Gasteiger partial charge in [0, 0.05) is 5.56 Å². The minimum atomic E-state index is -0.418. The van der Waals surface area contributed by atoms with E-state index in [-0.39, 0.29) is 0 Å². The Labute approximate surface area is 132 Å². The van der Waals surface area contributed by atoms with E-state index in [0.29, 0.717) is 18.8 Å². The van der Waals surface area contributed by atoms with Crippen LogP contribution in [0.5, 0.6) is 0 Å². The van der Waals surface area contributed by atoms with Crippen LogP contribution in [0, 0.1) is 6.92 Å². The maximum absolute atomic E-state index is 12.2. The van der Waals surface area contributed by atoms with Crippen molar-refractivity contribution in [3.8, 4) is 17.1 Å². The fourth-order valence-corrected chi connectivity index (χ4v) is 2.87. The normalized spacial score (nSPS) is 12.1. The smallest absolute Gasteiger partial charge is 0.358 e. The molecule has 116 valence electrons. The number of hydrogen-bond donors (Lipinski definition) is 0. The predicted molar refractivity (Wildman–Crippen MR) is 82.4 cm³/mol. The molecule has 0 aliphatic carbocycles. The van der Waals surface area contributed by atoms with Gasteiger partial charge in [0.05, 0.1) is 24.5 Å². The van der Waals surface area contributed by atoms with Gasteiger partial charge in [0.2, 0.25) is 0 Å². The number of aryl methyl sites for hydroxylation is 1. The van der Waals surface area contributed by atoms with Crippen molar-refractivity contribution in [3.05, 3.63) is 47.8 Å². The van der Waals surface area contributed by atoms with E-state index in [9.17, 15) is 4.79 Å². The molecule has 7 nitrogen and oxygen atoms in total. The summed E-state index contributed by atoms with van der Waals surface area (Å²) in [6.45, 7) is 4.54. The SMILES string of the molecule is CCOC(=O)c1ncn2c1Cn1ncnc1-c1cc(C)ccc1-2. The van der Waals surface area contributed by atoms with Crippen LogP contribution in [-0.4, -0.2) is 36.9 Å². The van der Waals surface area contributed by atoms with E-state index in [2.05, 4.69) is 21.1 Å². The first-order chi connectivity index (χ1) is 11.2. The van der Waals surface area contributed by atoms with Crippen molar-refractivity contribution in [1.29, 1.82) is 0 Å². The average Bonchev–Trinajstić information content (AvgIpc) is 3.13. The summed E-state index contributed by atoms with van der Waals surface area (Å²) in [6.07, 6.45) is 3.18. The van der Waals surface area contributed by atoms with Crippen molar-refractivity contribution in [3.63, 3.8) is 0 Å². The summed E-state index contributed by atoms with van der Waals surface area (Å²) in [5.41, 5.74) is 4.10. The van der Waals surface area contributed by atoms with Crippen molar-refractivity contribution in [2.75, 3.05) is 6.61 Å². The number of hydrogen-bond acceptors (Lipinski definition) is 5. The van der Waals surface area contributed by atoms with E-state index in [1.165, 1.54) is 6.33 Å². The molecule has 3 aromatic rings. The number of benzene rings is 1. The van der Waals surface area contributed by atoms with Gasteiger partial charge in [-0.3, -0.25) is 4.57 Å². The maximum Gasteiger partial charge on any atom is 0.358 e. The Balaban J connectivity index is 1.97. The third kappa shape index (κ3) is 2.04. The van der Waals surface area contributed by atoms with Gasteiger partial charge in [-0.05, 0) is 26.0 Å². The largest absolute Gasteiger partial charge is 0.461 e. The Morgan fingerprint density at radius 2 is 2.22 bits per heavy atom. The number of carbonyl (C=O) groups excluding carboxylic acids is 1. The second-order valence-corrected chi connectivity index (χ2v) is 5.39. The Kier molecular flexibility index (Phi) is 3.00. The van der Waals surface area contributed by atoms with Gasteiger partial charge in [0.15, 0.2) is 11.5 Å². The molecule has 0 atom stereocenters. The van der Waals surface area contributed by atoms with E-state index >= 15 is 0 Å². The first-order valence-electron chi connectivity index (χ1n) is 7.41. The number of rotatable bonds is 2. The summed E-state index contributed by atoms with van der Waals surface area (Å²) in [7, 11) is 0. The average molecular weight is 309 g/mol. The molecular formula is C16H15N5O2. The summed E-state index contributed by atoms with van der Waals surface area (Å²) in [4.78, 5) is 20.8. The number of nitrogens with zero attached hydrogens (tertiary/aromatic N) is 5. The van der Waals surface area contributed by atoms with Crippen LogP contribution in [0.3, 0.4) is 0 Å². The minimum Gasteiger partial charge on any atom is -0.461 e.